The fourth-order valence-electron chi connectivity index (χ4n) is 6.82. The fraction of sp³-hybridized carbons (Fsp3) is 0.455. The van der Waals surface area contributed by atoms with Gasteiger partial charge < -0.3 is 9.80 Å². The van der Waals surface area contributed by atoms with Crippen molar-refractivity contribution >= 4 is 30.6 Å². The molecule has 0 radical (unpaired) electrons. The maximum absolute atomic E-state index is 2.44. The minimum absolute atomic E-state index is 0.0235. The Morgan fingerprint density at radius 2 is 0.681 bits per heavy atom. The van der Waals surface area contributed by atoms with E-state index < -0.39 is 0 Å². The highest BCUT2D eigenvalue weighted by Crippen LogP contribution is 2.45. The van der Waals surface area contributed by atoms with E-state index in [1.54, 1.807) is 0 Å². The Morgan fingerprint density at radius 3 is 0.915 bits per heavy atom. The van der Waals surface area contributed by atoms with E-state index in [0.29, 0.717) is 8.58 Å². The molecule has 0 saturated heterocycles. The van der Waals surface area contributed by atoms with Crippen LogP contribution in [0.25, 0.3) is 22.3 Å². The summed E-state index contributed by atoms with van der Waals surface area (Å²) in [5.41, 5.74) is 13.6. The van der Waals surface area contributed by atoms with Crippen LogP contribution >= 0.6 is 8.58 Å². The van der Waals surface area contributed by atoms with Crippen LogP contribution in [-0.4, -0.2) is 28.2 Å². The lowest BCUT2D eigenvalue weighted by Crippen LogP contribution is -2.28. The molecule has 0 aromatic heterocycles. The van der Waals surface area contributed by atoms with Gasteiger partial charge in [-0.25, -0.2) is 0 Å². The first-order valence-electron chi connectivity index (χ1n) is 17.2. The molecule has 0 heterocycles. The SMILES string of the molecule is CN(C)c1ccc(-c2c(Pc3ccc(C(C)(C)C)c(C(C)(C)C)c3-c3ccc(N(C)C)cc3)ccc(C(C)(C)C)c2C(C)(C)C)cc1. The van der Waals surface area contributed by atoms with Gasteiger partial charge in [-0.2, -0.15) is 0 Å². The first-order chi connectivity index (χ1) is 21.5. The first-order valence-corrected chi connectivity index (χ1v) is 18.2. The third-order valence-electron chi connectivity index (χ3n) is 9.14. The van der Waals surface area contributed by atoms with E-state index in [2.05, 4.69) is 194 Å². The lowest BCUT2D eigenvalue weighted by Gasteiger charge is -2.35. The van der Waals surface area contributed by atoms with Crippen LogP contribution in [0.4, 0.5) is 11.4 Å². The molecule has 0 saturated carbocycles. The molecule has 0 fully saturated rings. The van der Waals surface area contributed by atoms with Crippen LogP contribution in [0, 0.1) is 0 Å². The maximum atomic E-state index is 2.44. The Morgan fingerprint density at radius 1 is 0.383 bits per heavy atom. The van der Waals surface area contributed by atoms with Gasteiger partial charge in [-0.1, -0.05) is 140 Å². The topological polar surface area (TPSA) is 6.48 Å². The number of nitrogens with zero attached hydrogens (tertiary/aromatic N) is 2. The molecule has 0 spiro atoms. The highest BCUT2D eigenvalue weighted by Gasteiger charge is 2.32. The minimum Gasteiger partial charge on any atom is -0.378 e. The third-order valence-corrected chi connectivity index (χ3v) is 10.5. The maximum Gasteiger partial charge on any atom is 0.0361 e. The Kier molecular flexibility index (Phi) is 10.2. The number of hydrogen-bond acceptors (Lipinski definition) is 2. The first kappa shape index (κ1) is 36.7. The molecule has 4 aromatic carbocycles. The van der Waals surface area contributed by atoms with Crippen molar-refractivity contribution in [2.45, 2.75) is 105 Å². The molecule has 0 unspecified atom stereocenters. The Balaban J connectivity index is 2.11. The van der Waals surface area contributed by atoms with Crippen molar-refractivity contribution < 1.29 is 0 Å². The van der Waals surface area contributed by atoms with Crippen LogP contribution in [0.5, 0.6) is 0 Å². The van der Waals surface area contributed by atoms with E-state index >= 15 is 0 Å². The van der Waals surface area contributed by atoms with Crippen LogP contribution in [-0.2, 0) is 21.7 Å². The zero-order valence-electron chi connectivity index (χ0n) is 32.3. The quantitative estimate of drug-likeness (QED) is 0.192. The van der Waals surface area contributed by atoms with Gasteiger partial charge in [0.15, 0.2) is 0 Å². The summed E-state index contributed by atoms with van der Waals surface area (Å²) in [7, 11) is 8.96. The summed E-state index contributed by atoms with van der Waals surface area (Å²) in [5.74, 6) is 0. The second kappa shape index (κ2) is 13.1. The standard InChI is InChI=1S/C44H61N2P/c1-41(2,3)33-25-27-35(37(39(33)43(7,8)9)29-17-21-31(22-18-29)45(13)14)47-36-28-26-34(42(4,5)6)40(44(10,11)12)38(36)30-19-23-32(24-20-30)46(15)16/h17-28,47H,1-16H3. The van der Waals surface area contributed by atoms with Gasteiger partial charge in [-0.05, 0) is 101 Å². The summed E-state index contributed by atoms with van der Waals surface area (Å²) in [6.45, 7) is 28.4. The number of rotatable bonds is 6. The second-order valence-corrected chi connectivity index (χ2v) is 19.2. The molecule has 47 heavy (non-hydrogen) atoms. The van der Waals surface area contributed by atoms with E-state index in [0.717, 1.165) is 0 Å². The molecule has 0 aliphatic rings. The molecule has 0 amide bonds. The van der Waals surface area contributed by atoms with Gasteiger partial charge in [0, 0.05) is 39.6 Å². The second-order valence-electron chi connectivity index (χ2n) is 17.8. The van der Waals surface area contributed by atoms with Gasteiger partial charge >= 0.3 is 0 Å². The molecule has 252 valence electrons. The Labute approximate surface area is 289 Å². The summed E-state index contributed by atoms with van der Waals surface area (Å²) in [5, 5.41) is 2.82. The van der Waals surface area contributed by atoms with Crippen LogP contribution < -0.4 is 20.4 Å². The van der Waals surface area contributed by atoms with Crippen LogP contribution in [0.1, 0.15) is 105 Å². The van der Waals surface area contributed by atoms with Gasteiger partial charge in [0.1, 0.15) is 0 Å². The molecular weight excluding hydrogens is 587 g/mol. The highest BCUT2D eigenvalue weighted by atomic mass is 31.1. The van der Waals surface area contributed by atoms with Crippen molar-refractivity contribution in [2.24, 2.45) is 0 Å². The normalized spacial score (nSPS) is 12.8. The zero-order valence-corrected chi connectivity index (χ0v) is 33.3. The van der Waals surface area contributed by atoms with Crippen LogP contribution in [0.15, 0.2) is 72.8 Å². The van der Waals surface area contributed by atoms with E-state index in [1.165, 1.54) is 66.5 Å². The summed E-state index contributed by atoms with van der Waals surface area (Å²) < 4.78 is 0. The van der Waals surface area contributed by atoms with Crippen molar-refractivity contribution in [3.63, 3.8) is 0 Å². The number of anilines is 2. The average molecular weight is 649 g/mol. The largest absolute Gasteiger partial charge is 0.378 e. The molecule has 2 nitrogen and oxygen atoms in total. The summed E-state index contributed by atoms with van der Waals surface area (Å²) in [6, 6.07) is 28.2. The van der Waals surface area contributed by atoms with Gasteiger partial charge in [0.2, 0.25) is 0 Å². The average Bonchev–Trinajstić information content (AvgIpc) is 2.94. The van der Waals surface area contributed by atoms with Gasteiger partial charge in [0.25, 0.3) is 0 Å². The smallest absolute Gasteiger partial charge is 0.0361 e. The van der Waals surface area contributed by atoms with Gasteiger partial charge in [-0.3, -0.25) is 0 Å². The highest BCUT2D eigenvalue weighted by molar-refractivity contribution is 7.56. The summed E-state index contributed by atoms with van der Waals surface area (Å²) in [6.07, 6.45) is 0. The monoisotopic (exact) mass is 648 g/mol. The predicted octanol–water partition coefficient (Wildman–Crippen LogP) is 11.0. The molecule has 4 aromatic rings. The lowest BCUT2D eigenvalue weighted by molar-refractivity contribution is 0.532. The van der Waals surface area contributed by atoms with Crippen molar-refractivity contribution in [3.05, 3.63) is 95.1 Å². The van der Waals surface area contributed by atoms with Gasteiger partial charge in [0.05, 0.1) is 0 Å². The Hall–Kier alpha value is -3.09. The van der Waals surface area contributed by atoms with Crippen molar-refractivity contribution in [3.8, 4) is 22.3 Å². The molecule has 0 bridgehead atoms. The minimum atomic E-state index is -0.0316. The molecular formula is C44H61N2P. The fourth-order valence-corrected chi connectivity index (χ4v) is 8.23. The molecule has 3 heteroatoms. The lowest BCUT2D eigenvalue weighted by atomic mass is 9.72. The molecule has 0 aliphatic heterocycles. The van der Waals surface area contributed by atoms with E-state index in [1.807, 2.05) is 0 Å². The molecule has 0 atom stereocenters. The number of benzene rings is 4. The zero-order chi connectivity index (χ0) is 35.3. The summed E-state index contributed by atoms with van der Waals surface area (Å²) in [4.78, 5) is 4.36. The van der Waals surface area contributed by atoms with Crippen LogP contribution in [0.3, 0.4) is 0 Å². The Bertz CT molecular complexity index is 1570. The van der Waals surface area contributed by atoms with E-state index in [4.69, 9.17) is 0 Å². The molecule has 4 rings (SSSR count). The van der Waals surface area contributed by atoms with Crippen molar-refractivity contribution in [2.75, 3.05) is 38.0 Å². The van der Waals surface area contributed by atoms with Crippen LogP contribution in [0.2, 0.25) is 0 Å². The predicted molar refractivity (Wildman–Crippen MR) is 215 cm³/mol. The third kappa shape index (κ3) is 7.97. The summed E-state index contributed by atoms with van der Waals surface area (Å²) >= 11 is 0. The van der Waals surface area contributed by atoms with Crippen molar-refractivity contribution in [1.82, 2.24) is 0 Å². The molecule has 0 aliphatic carbocycles. The van der Waals surface area contributed by atoms with E-state index in [-0.39, 0.29) is 21.7 Å². The van der Waals surface area contributed by atoms with Crippen molar-refractivity contribution in [1.29, 1.82) is 0 Å². The molecule has 0 N–H and O–H groups in total. The number of hydrogen-bond donors (Lipinski definition) is 0. The van der Waals surface area contributed by atoms with Gasteiger partial charge in [-0.15, -0.1) is 0 Å². The van der Waals surface area contributed by atoms with E-state index in [9.17, 15) is 0 Å².